The van der Waals surface area contributed by atoms with E-state index >= 15 is 0 Å². The topological polar surface area (TPSA) is 23.1 Å². The van der Waals surface area contributed by atoms with Crippen molar-refractivity contribution in [1.29, 1.82) is 0 Å². The first-order valence-corrected chi connectivity index (χ1v) is 5.50. The van der Waals surface area contributed by atoms with Crippen molar-refractivity contribution in [2.75, 3.05) is 12.3 Å². The zero-order valence-electron chi connectivity index (χ0n) is 4.98. The van der Waals surface area contributed by atoms with Gasteiger partial charge in [-0.25, -0.2) is 0 Å². The van der Waals surface area contributed by atoms with Crippen LogP contribution in [0.1, 0.15) is 13.8 Å². The average Bonchev–Trinajstić information content (AvgIpc) is 1.68. The minimum Gasteiger partial charge on any atom is -0.821 e. The summed E-state index contributed by atoms with van der Waals surface area (Å²) in [6, 6.07) is 0. The van der Waals surface area contributed by atoms with Crippen LogP contribution in [0, 0.1) is 0 Å². The molecule has 0 atom stereocenters. The molecule has 0 aliphatic carbocycles. The van der Waals surface area contributed by atoms with Gasteiger partial charge in [0.15, 0.2) is 0 Å². The summed E-state index contributed by atoms with van der Waals surface area (Å²) < 4.78 is 0. The number of hydrogen-bond donors (Lipinski definition) is 0. The van der Waals surface area contributed by atoms with E-state index in [0.29, 0.717) is 12.3 Å². The molecule has 0 rings (SSSR count). The Morgan fingerprint density at radius 1 is 1.38 bits per heavy atom. The van der Waals surface area contributed by atoms with E-state index in [-0.39, 0.29) is 22.4 Å². The first-order valence-electron chi connectivity index (χ1n) is 2.41. The van der Waals surface area contributed by atoms with E-state index in [1.165, 1.54) is 0 Å². The molecule has 0 aliphatic rings. The van der Waals surface area contributed by atoms with Crippen molar-refractivity contribution in [3.63, 3.8) is 0 Å². The molecule has 0 saturated heterocycles. The Hall–Kier alpha value is 1.35. The summed E-state index contributed by atoms with van der Waals surface area (Å²) in [4.78, 5) is 10.8. The number of hydrogen-bond acceptors (Lipinski definition) is 2. The van der Waals surface area contributed by atoms with Crippen LogP contribution in [0.4, 0.5) is 0 Å². The van der Waals surface area contributed by atoms with E-state index in [0.717, 1.165) is 0 Å². The predicted molar refractivity (Wildman–Crippen MR) is 35.4 cm³/mol. The van der Waals surface area contributed by atoms with Gasteiger partial charge < -0.3 is 4.89 Å². The quantitative estimate of drug-likeness (QED) is 0.530. The van der Waals surface area contributed by atoms with Crippen molar-refractivity contribution in [3.8, 4) is 0 Å². The summed E-state index contributed by atoms with van der Waals surface area (Å²) in [6.45, 7) is 3.74. The molecule has 0 N–H and O–H groups in total. The van der Waals surface area contributed by atoms with Gasteiger partial charge in [0.25, 0.3) is 0 Å². The van der Waals surface area contributed by atoms with E-state index < -0.39 is 6.26 Å². The fraction of sp³-hybridized carbons (Fsp3) is 1.00. The molecule has 0 aromatic rings. The van der Waals surface area contributed by atoms with Gasteiger partial charge >= 0.3 is 22.4 Å². The second kappa shape index (κ2) is 5.16. The van der Waals surface area contributed by atoms with Crippen molar-refractivity contribution in [2.45, 2.75) is 13.8 Å². The van der Waals surface area contributed by atoms with Crippen LogP contribution >= 0.6 is 6.26 Å². The van der Waals surface area contributed by atoms with Crippen LogP contribution in [-0.4, -0.2) is 12.3 Å². The van der Waals surface area contributed by atoms with Gasteiger partial charge in [0.05, 0.1) is 0 Å². The molecule has 0 fully saturated rings. The molecule has 0 saturated carbocycles. The summed E-state index contributed by atoms with van der Waals surface area (Å²) >= 11 is 4.70. The van der Waals surface area contributed by atoms with Crippen molar-refractivity contribution >= 4 is 18.1 Å². The van der Waals surface area contributed by atoms with Crippen LogP contribution in [0.3, 0.4) is 0 Å². The van der Waals surface area contributed by atoms with Gasteiger partial charge in [0, 0.05) is 0 Å². The van der Waals surface area contributed by atoms with Crippen LogP contribution < -0.4 is 4.89 Å². The zero-order chi connectivity index (χ0) is 5.91. The maximum atomic E-state index is 10.8. The van der Waals surface area contributed by atoms with Crippen molar-refractivity contribution in [1.82, 2.24) is 0 Å². The first kappa shape index (κ1) is 12.1. The largest absolute Gasteiger partial charge is 1.00 e. The van der Waals surface area contributed by atoms with Gasteiger partial charge in [-0.05, 0) is 12.3 Å². The fourth-order valence-electron chi connectivity index (χ4n) is 0.224. The van der Waals surface area contributed by atoms with Crippen molar-refractivity contribution < 1.29 is 27.3 Å². The molecule has 0 heterocycles. The van der Waals surface area contributed by atoms with Crippen LogP contribution in [-0.2, 0) is 34.2 Å². The van der Waals surface area contributed by atoms with Crippen LogP contribution in [0.25, 0.3) is 0 Å². The maximum Gasteiger partial charge on any atom is 1.00 e. The molecule has 8 heavy (non-hydrogen) atoms. The van der Waals surface area contributed by atoms with Gasteiger partial charge in [-0.1, -0.05) is 13.8 Å². The summed E-state index contributed by atoms with van der Waals surface area (Å²) in [5.41, 5.74) is 0. The van der Waals surface area contributed by atoms with Crippen LogP contribution in [0.5, 0.6) is 0 Å². The Morgan fingerprint density at radius 2 is 1.62 bits per heavy atom. The molecule has 0 aromatic heterocycles. The maximum absolute atomic E-state index is 10.8. The van der Waals surface area contributed by atoms with Crippen LogP contribution in [0.15, 0.2) is 0 Å². The summed E-state index contributed by atoms with van der Waals surface area (Å²) in [5.74, 6) is 0. The second-order valence-corrected chi connectivity index (χ2v) is 6.34. The van der Waals surface area contributed by atoms with E-state index in [4.69, 9.17) is 11.8 Å². The van der Waals surface area contributed by atoms with Gasteiger partial charge in [-0.3, -0.25) is 0 Å². The summed E-state index contributed by atoms with van der Waals surface area (Å²) in [5, 5.41) is 0. The Kier molecular flexibility index (Phi) is 7.78. The molecule has 4 heteroatoms. The Labute approximate surface area is 71.5 Å². The second-order valence-electron chi connectivity index (χ2n) is 1.45. The van der Waals surface area contributed by atoms with E-state index in [9.17, 15) is 4.89 Å². The predicted octanol–water partition coefficient (Wildman–Crippen LogP) is 0.778. The molecule has 0 spiro atoms. The molecule has 0 radical (unpaired) electrons. The fourth-order valence-corrected chi connectivity index (χ4v) is 0.671. The van der Waals surface area contributed by atoms with Gasteiger partial charge in [-0.2, -0.15) is 0 Å². The molecule has 54 valence electrons. The average molecular weight is 245 g/mol. The third-order valence-electron chi connectivity index (χ3n) is 0.964. The molecular formula is C4H10AgOPS. The monoisotopic (exact) mass is 244 g/mol. The standard InChI is InChI=1S/C4H11OPS.Ag/c1-3-6(5,7)4-2;/h3-4H2,1-2H3,(H,5,7);/q;+1/p-1. The van der Waals surface area contributed by atoms with Crippen molar-refractivity contribution in [2.24, 2.45) is 0 Å². The Morgan fingerprint density at radius 3 is 1.62 bits per heavy atom. The van der Waals surface area contributed by atoms with Gasteiger partial charge in [0.2, 0.25) is 0 Å². The minimum atomic E-state index is -2.07. The normalized spacial score (nSPS) is 10.4. The molecule has 1 nitrogen and oxygen atoms in total. The molecular weight excluding hydrogens is 235 g/mol. The SMILES string of the molecule is CCP([O-])(=S)CC.[Ag+]. The first-order chi connectivity index (χ1) is 3.12. The van der Waals surface area contributed by atoms with E-state index in [2.05, 4.69) is 0 Å². The summed E-state index contributed by atoms with van der Waals surface area (Å²) in [7, 11) is 0. The van der Waals surface area contributed by atoms with Crippen LogP contribution in [0.2, 0.25) is 0 Å². The minimum absolute atomic E-state index is 0. The molecule has 0 bridgehead atoms. The summed E-state index contributed by atoms with van der Waals surface area (Å²) in [6.07, 6.45) is -0.740. The van der Waals surface area contributed by atoms with E-state index in [1.807, 2.05) is 13.8 Å². The van der Waals surface area contributed by atoms with E-state index in [1.54, 1.807) is 0 Å². The Bertz CT molecular complexity index is 88.0. The third-order valence-corrected chi connectivity index (χ3v) is 4.44. The molecule has 0 unspecified atom stereocenters. The molecule has 0 aliphatic heterocycles. The molecule has 0 amide bonds. The van der Waals surface area contributed by atoms with Gasteiger partial charge in [-0.15, -0.1) is 18.1 Å². The smallest absolute Gasteiger partial charge is 0.821 e. The third kappa shape index (κ3) is 5.49. The number of rotatable bonds is 2. The van der Waals surface area contributed by atoms with Crippen molar-refractivity contribution in [3.05, 3.63) is 0 Å². The Balaban J connectivity index is 0. The van der Waals surface area contributed by atoms with Gasteiger partial charge in [0.1, 0.15) is 0 Å². The zero-order valence-corrected chi connectivity index (χ0v) is 8.17. The molecule has 0 aromatic carbocycles.